The number of nitrogens with one attached hydrogen (secondary N) is 1. The molecule has 2 N–H and O–H groups in total. The SMILES string of the molecule is C=C(C)C1CCC2(NCCN3CCOCC3)CCC3(C)C(CCC4C5(C)CC=C(C6=CCC(CF)(C(=O)O)CC6)C(C)(C)C5CCC43C)C12. The lowest BCUT2D eigenvalue weighted by atomic mass is 9.33. The molecule has 10 unspecified atom stereocenters. The number of allylic oxidation sites excluding steroid dienone is 5. The van der Waals surface area contributed by atoms with Crippen molar-refractivity contribution in [1.29, 1.82) is 0 Å². The second-order valence-electron chi connectivity index (χ2n) is 19.4. The first kappa shape index (κ1) is 35.9. The van der Waals surface area contributed by atoms with Crippen molar-refractivity contribution in [2.45, 2.75) is 124 Å². The van der Waals surface area contributed by atoms with Crippen LogP contribution in [0.5, 0.6) is 0 Å². The number of rotatable bonds is 8. The Balaban J connectivity index is 1.15. The smallest absolute Gasteiger partial charge is 0.312 e. The van der Waals surface area contributed by atoms with Crippen LogP contribution in [0.3, 0.4) is 0 Å². The zero-order valence-electron chi connectivity index (χ0n) is 31.8. The van der Waals surface area contributed by atoms with Crippen molar-refractivity contribution in [1.82, 2.24) is 10.2 Å². The van der Waals surface area contributed by atoms with E-state index < -0.39 is 18.1 Å². The summed E-state index contributed by atoms with van der Waals surface area (Å²) in [5, 5.41) is 14.1. The van der Waals surface area contributed by atoms with E-state index in [2.05, 4.69) is 70.5 Å². The van der Waals surface area contributed by atoms with Crippen LogP contribution in [0.1, 0.15) is 119 Å². The van der Waals surface area contributed by atoms with E-state index in [-0.39, 0.29) is 16.4 Å². The molecular weight excluding hydrogens is 611 g/mol. The maximum absolute atomic E-state index is 14.0. The summed E-state index contributed by atoms with van der Waals surface area (Å²) < 4.78 is 19.6. The molecular formula is C43H67FN2O3. The first-order valence-electron chi connectivity index (χ1n) is 20.1. The van der Waals surface area contributed by atoms with Crippen LogP contribution >= 0.6 is 0 Å². The Morgan fingerprint density at radius 2 is 1.71 bits per heavy atom. The van der Waals surface area contributed by atoms with E-state index >= 15 is 0 Å². The predicted molar refractivity (Wildman–Crippen MR) is 196 cm³/mol. The van der Waals surface area contributed by atoms with Crippen molar-refractivity contribution in [3.8, 4) is 0 Å². The molecule has 10 atom stereocenters. The van der Waals surface area contributed by atoms with Crippen LogP contribution in [0, 0.1) is 56.7 Å². The van der Waals surface area contributed by atoms with Gasteiger partial charge >= 0.3 is 5.97 Å². The maximum atomic E-state index is 14.0. The fraction of sp³-hybridized carbons (Fsp3) is 0.837. The summed E-state index contributed by atoms with van der Waals surface area (Å²) in [6.45, 7) is 25.3. The molecule has 0 radical (unpaired) electrons. The number of fused-ring (bicyclic) bond motifs is 7. The van der Waals surface area contributed by atoms with Crippen LogP contribution in [-0.2, 0) is 9.53 Å². The highest BCUT2D eigenvalue weighted by Crippen LogP contribution is 2.76. The molecule has 6 heteroatoms. The number of carbonyl (C=O) groups is 1. The summed E-state index contributed by atoms with van der Waals surface area (Å²) in [5.41, 5.74) is 3.99. The molecule has 7 aliphatic rings. The van der Waals surface area contributed by atoms with Crippen molar-refractivity contribution >= 4 is 5.97 Å². The highest BCUT2D eigenvalue weighted by Gasteiger charge is 2.70. The Kier molecular flexibility index (Phi) is 9.21. The van der Waals surface area contributed by atoms with Crippen LogP contribution < -0.4 is 5.32 Å². The zero-order chi connectivity index (χ0) is 35.0. The molecule has 5 fully saturated rings. The highest BCUT2D eigenvalue weighted by atomic mass is 19.1. The molecule has 6 aliphatic carbocycles. The number of nitrogens with zero attached hydrogens (tertiary/aromatic N) is 1. The van der Waals surface area contributed by atoms with Gasteiger partial charge in [0.15, 0.2) is 0 Å². The Morgan fingerprint density at radius 3 is 2.37 bits per heavy atom. The van der Waals surface area contributed by atoms with E-state index in [1.807, 2.05) is 0 Å². The van der Waals surface area contributed by atoms with Gasteiger partial charge in [0.05, 0.1) is 18.6 Å². The minimum atomic E-state index is -1.24. The summed E-state index contributed by atoms with van der Waals surface area (Å²) in [6.07, 6.45) is 17.5. The predicted octanol–water partition coefficient (Wildman–Crippen LogP) is 9.01. The summed E-state index contributed by atoms with van der Waals surface area (Å²) in [7, 11) is 0. The quantitative estimate of drug-likeness (QED) is 0.251. The Labute approximate surface area is 297 Å². The van der Waals surface area contributed by atoms with Crippen LogP contribution in [-0.4, -0.2) is 67.6 Å². The van der Waals surface area contributed by atoms with E-state index in [4.69, 9.17) is 4.74 Å². The molecule has 1 aliphatic heterocycles. The number of carboxylic acids is 1. The second-order valence-corrected chi connectivity index (χ2v) is 19.4. The summed E-state index contributed by atoms with van der Waals surface area (Å²) in [4.78, 5) is 14.6. The number of alkyl halides is 1. The first-order valence-corrected chi connectivity index (χ1v) is 20.1. The standard InChI is InChI=1S/C43H67FN2O3/c1-29(2)31-12-19-43(45-22-23-46-24-26-49-27-25-46)21-20-40(6)33(36(31)43)8-9-35-39(5)15-13-32(38(3,4)34(39)14-16-41(35,40)7)30-10-17-42(28-44,18-11-30)37(47)48/h10,13,31,33-36,45H,1,8-9,11-12,14-28H2,2-7H3,(H,47,48). The van der Waals surface area contributed by atoms with Gasteiger partial charge < -0.3 is 15.2 Å². The maximum Gasteiger partial charge on any atom is 0.312 e. The number of morpholine rings is 1. The van der Waals surface area contributed by atoms with Gasteiger partial charge in [-0.15, -0.1) is 0 Å². The van der Waals surface area contributed by atoms with E-state index in [1.165, 1.54) is 68.1 Å². The largest absolute Gasteiger partial charge is 0.481 e. The average Bonchev–Trinajstić information content (AvgIpc) is 3.45. The minimum Gasteiger partial charge on any atom is -0.481 e. The van der Waals surface area contributed by atoms with Gasteiger partial charge in [-0.2, -0.15) is 0 Å². The van der Waals surface area contributed by atoms with Crippen molar-refractivity contribution < 1.29 is 19.0 Å². The van der Waals surface area contributed by atoms with Gasteiger partial charge in [-0.25, -0.2) is 4.39 Å². The lowest BCUT2D eigenvalue weighted by Gasteiger charge is -2.72. The van der Waals surface area contributed by atoms with Crippen molar-refractivity contribution in [3.05, 3.63) is 35.5 Å². The zero-order valence-corrected chi connectivity index (χ0v) is 31.8. The molecule has 0 spiro atoms. The molecule has 274 valence electrons. The average molecular weight is 679 g/mol. The van der Waals surface area contributed by atoms with Gasteiger partial charge in [0.25, 0.3) is 0 Å². The molecule has 49 heavy (non-hydrogen) atoms. The normalized spacial score (nSPS) is 46.4. The lowest BCUT2D eigenvalue weighted by molar-refractivity contribution is -0.221. The number of hydrogen-bond donors (Lipinski definition) is 2. The van der Waals surface area contributed by atoms with Gasteiger partial charge in [-0.1, -0.05) is 58.9 Å². The third-order valence-electron chi connectivity index (χ3n) is 17.3. The molecule has 5 nitrogen and oxygen atoms in total. The van der Waals surface area contributed by atoms with E-state index in [9.17, 15) is 14.3 Å². The minimum absolute atomic E-state index is 0.0134. The fourth-order valence-corrected chi connectivity index (χ4v) is 14.4. The van der Waals surface area contributed by atoms with Crippen LogP contribution in [0.15, 0.2) is 35.5 Å². The number of aliphatic carboxylic acids is 1. The van der Waals surface area contributed by atoms with E-state index in [1.54, 1.807) is 0 Å². The fourth-order valence-electron chi connectivity index (χ4n) is 14.4. The third-order valence-corrected chi connectivity index (χ3v) is 17.3. The Morgan fingerprint density at radius 1 is 0.959 bits per heavy atom. The summed E-state index contributed by atoms with van der Waals surface area (Å²) >= 11 is 0. The number of ether oxygens (including phenoxy) is 1. The number of halogens is 1. The summed E-state index contributed by atoms with van der Waals surface area (Å²) in [5.74, 6) is 2.31. The topological polar surface area (TPSA) is 61.8 Å². The van der Waals surface area contributed by atoms with Crippen molar-refractivity contribution in [3.63, 3.8) is 0 Å². The Hall–Kier alpha value is -1.50. The lowest BCUT2D eigenvalue weighted by Crippen LogP contribution is -2.68. The third kappa shape index (κ3) is 5.33. The van der Waals surface area contributed by atoms with Gasteiger partial charge in [0.2, 0.25) is 0 Å². The Bertz CT molecular complexity index is 1380. The van der Waals surface area contributed by atoms with Crippen LogP contribution in [0.2, 0.25) is 0 Å². The highest BCUT2D eigenvalue weighted by molar-refractivity contribution is 5.75. The van der Waals surface area contributed by atoms with Crippen LogP contribution in [0.4, 0.5) is 4.39 Å². The second kappa shape index (κ2) is 12.6. The molecule has 1 heterocycles. The molecule has 1 saturated heterocycles. The molecule has 0 aromatic rings. The van der Waals surface area contributed by atoms with Gasteiger partial charge in [0, 0.05) is 31.7 Å². The molecule has 0 bridgehead atoms. The number of hydrogen-bond acceptors (Lipinski definition) is 4. The van der Waals surface area contributed by atoms with Crippen molar-refractivity contribution in [2.24, 2.45) is 56.7 Å². The van der Waals surface area contributed by atoms with Crippen molar-refractivity contribution in [2.75, 3.05) is 46.1 Å². The number of carboxylic acid groups (broad SMARTS) is 1. The molecule has 7 rings (SSSR count). The molecule has 0 aromatic carbocycles. The van der Waals surface area contributed by atoms with Gasteiger partial charge in [0.1, 0.15) is 6.67 Å². The van der Waals surface area contributed by atoms with Gasteiger partial charge in [-0.05, 0) is 146 Å². The molecule has 4 saturated carbocycles. The van der Waals surface area contributed by atoms with Crippen LogP contribution in [0.25, 0.3) is 0 Å². The summed E-state index contributed by atoms with van der Waals surface area (Å²) in [6, 6.07) is 0. The first-order chi connectivity index (χ1) is 23.2. The van der Waals surface area contributed by atoms with E-state index in [0.717, 1.165) is 51.7 Å². The molecule has 0 amide bonds. The monoisotopic (exact) mass is 679 g/mol. The van der Waals surface area contributed by atoms with E-state index in [0.29, 0.717) is 53.8 Å². The van der Waals surface area contributed by atoms with Gasteiger partial charge in [-0.3, -0.25) is 9.69 Å². The molecule has 0 aromatic heterocycles.